The highest BCUT2D eigenvalue weighted by molar-refractivity contribution is 5.77. The molecule has 3 N–H and O–H groups in total. The zero-order chi connectivity index (χ0) is 13.8. The topological polar surface area (TPSA) is 66.6 Å². The molecule has 0 saturated heterocycles. The molecule has 1 amide bonds. The van der Waals surface area contributed by atoms with Crippen LogP contribution in [0.25, 0.3) is 0 Å². The van der Waals surface area contributed by atoms with Crippen LogP contribution in [0.5, 0.6) is 5.75 Å². The number of aromatic hydroxyl groups is 1. The van der Waals surface area contributed by atoms with Crippen molar-refractivity contribution in [1.82, 2.24) is 4.90 Å². The van der Waals surface area contributed by atoms with E-state index in [2.05, 4.69) is 6.92 Å². The Labute approximate surface area is 114 Å². The van der Waals surface area contributed by atoms with Crippen LogP contribution in [-0.4, -0.2) is 28.5 Å². The summed E-state index contributed by atoms with van der Waals surface area (Å²) >= 11 is 0. The van der Waals surface area contributed by atoms with Crippen LogP contribution in [0, 0.1) is 0 Å². The Balaban J connectivity index is 1.99. The number of rotatable bonds is 4. The lowest BCUT2D eigenvalue weighted by molar-refractivity contribution is -0.132. The molecule has 104 valence electrons. The van der Waals surface area contributed by atoms with Crippen molar-refractivity contribution < 1.29 is 9.90 Å². The lowest BCUT2D eigenvalue weighted by atomic mass is 9.98. The number of benzene rings is 1. The largest absolute Gasteiger partial charge is 0.508 e. The molecule has 1 unspecified atom stereocenters. The number of hydrogen-bond acceptors (Lipinski definition) is 3. The van der Waals surface area contributed by atoms with Gasteiger partial charge < -0.3 is 15.7 Å². The molecule has 4 nitrogen and oxygen atoms in total. The van der Waals surface area contributed by atoms with Crippen LogP contribution in [0.1, 0.15) is 37.3 Å². The summed E-state index contributed by atoms with van der Waals surface area (Å²) in [4.78, 5) is 14.0. The molecule has 0 saturated carbocycles. The predicted molar refractivity (Wildman–Crippen MR) is 74.7 cm³/mol. The highest BCUT2D eigenvalue weighted by Crippen LogP contribution is 2.23. The van der Waals surface area contributed by atoms with Crippen LogP contribution in [0.4, 0.5) is 0 Å². The number of phenolic OH excluding ortho intramolecular Hbond substituents is 1. The van der Waals surface area contributed by atoms with Crippen molar-refractivity contribution in [2.24, 2.45) is 5.73 Å². The number of hydrogen-bond donors (Lipinski definition) is 2. The SMILES string of the molecule is CCCC(N)CC(=O)N1CCc2ccc(O)cc2C1. The summed E-state index contributed by atoms with van der Waals surface area (Å²) < 4.78 is 0. The van der Waals surface area contributed by atoms with Crippen molar-refractivity contribution in [3.8, 4) is 5.75 Å². The number of phenols is 1. The van der Waals surface area contributed by atoms with Crippen molar-refractivity contribution in [1.29, 1.82) is 0 Å². The second-order valence-corrected chi connectivity index (χ2v) is 5.27. The molecule has 0 spiro atoms. The number of carbonyl (C=O) groups is 1. The second-order valence-electron chi connectivity index (χ2n) is 5.27. The number of nitrogens with zero attached hydrogens (tertiary/aromatic N) is 1. The number of nitrogens with two attached hydrogens (primary N) is 1. The summed E-state index contributed by atoms with van der Waals surface area (Å²) in [5.41, 5.74) is 8.19. The minimum atomic E-state index is -0.0388. The number of carbonyl (C=O) groups excluding carboxylic acids is 1. The van der Waals surface area contributed by atoms with Crippen molar-refractivity contribution in [2.75, 3.05) is 6.54 Å². The van der Waals surface area contributed by atoms with Crippen molar-refractivity contribution in [3.05, 3.63) is 29.3 Å². The van der Waals surface area contributed by atoms with E-state index >= 15 is 0 Å². The van der Waals surface area contributed by atoms with E-state index in [0.29, 0.717) is 13.0 Å². The van der Waals surface area contributed by atoms with E-state index < -0.39 is 0 Å². The third-order valence-corrected chi connectivity index (χ3v) is 3.65. The summed E-state index contributed by atoms with van der Waals surface area (Å²) in [6, 6.07) is 5.35. The van der Waals surface area contributed by atoms with Gasteiger partial charge in [0.05, 0.1) is 0 Å². The third kappa shape index (κ3) is 3.47. The summed E-state index contributed by atoms with van der Waals surface area (Å²) in [6.45, 7) is 3.40. The Bertz CT molecular complexity index is 459. The van der Waals surface area contributed by atoms with Crippen LogP contribution in [0.3, 0.4) is 0 Å². The molecule has 1 heterocycles. The van der Waals surface area contributed by atoms with E-state index in [1.807, 2.05) is 11.0 Å². The average Bonchev–Trinajstić information content (AvgIpc) is 2.38. The van der Waals surface area contributed by atoms with Crippen LogP contribution < -0.4 is 5.73 Å². The zero-order valence-corrected chi connectivity index (χ0v) is 11.4. The lowest BCUT2D eigenvalue weighted by Gasteiger charge is -2.29. The molecule has 1 atom stereocenters. The molecule has 0 bridgehead atoms. The molecular weight excluding hydrogens is 240 g/mol. The van der Waals surface area contributed by atoms with Gasteiger partial charge in [0, 0.05) is 25.6 Å². The molecular formula is C15H22N2O2. The van der Waals surface area contributed by atoms with Crippen LogP contribution in [-0.2, 0) is 17.8 Å². The lowest BCUT2D eigenvalue weighted by Crippen LogP contribution is -2.39. The zero-order valence-electron chi connectivity index (χ0n) is 11.4. The number of amides is 1. The quantitative estimate of drug-likeness (QED) is 0.869. The van der Waals surface area contributed by atoms with Gasteiger partial charge in [-0.05, 0) is 36.1 Å². The van der Waals surface area contributed by atoms with Crippen molar-refractivity contribution in [3.63, 3.8) is 0 Å². The normalized spacial score (nSPS) is 16.0. The number of fused-ring (bicyclic) bond motifs is 1. The first kappa shape index (κ1) is 13.9. The molecule has 1 aliphatic rings. The van der Waals surface area contributed by atoms with Crippen molar-refractivity contribution >= 4 is 5.91 Å². The van der Waals surface area contributed by atoms with E-state index in [1.165, 1.54) is 5.56 Å². The van der Waals surface area contributed by atoms with Gasteiger partial charge in [-0.25, -0.2) is 0 Å². The highest BCUT2D eigenvalue weighted by atomic mass is 16.3. The van der Waals surface area contributed by atoms with Crippen LogP contribution >= 0.6 is 0 Å². The first-order valence-electron chi connectivity index (χ1n) is 6.94. The van der Waals surface area contributed by atoms with Gasteiger partial charge in [-0.1, -0.05) is 19.4 Å². The maximum atomic E-state index is 12.2. The molecule has 0 fully saturated rings. The predicted octanol–water partition coefficient (Wildman–Crippen LogP) is 1.79. The average molecular weight is 262 g/mol. The molecule has 19 heavy (non-hydrogen) atoms. The van der Waals surface area contributed by atoms with Gasteiger partial charge in [0.25, 0.3) is 0 Å². The second kappa shape index (κ2) is 6.06. The Hall–Kier alpha value is -1.55. The molecule has 1 aromatic carbocycles. The summed E-state index contributed by atoms with van der Waals surface area (Å²) in [7, 11) is 0. The van der Waals surface area contributed by atoms with Gasteiger partial charge in [-0.2, -0.15) is 0 Å². The molecule has 0 aromatic heterocycles. The molecule has 1 aliphatic heterocycles. The van der Waals surface area contributed by atoms with E-state index in [4.69, 9.17) is 5.73 Å². The molecule has 0 aliphatic carbocycles. The van der Waals surface area contributed by atoms with E-state index in [1.54, 1.807) is 12.1 Å². The Morgan fingerprint density at radius 3 is 3.00 bits per heavy atom. The third-order valence-electron chi connectivity index (χ3n) is 3.65. The van der Waals surface area contributed by atoms with Gasteiger partial charge in [0.1, 0.15) is 5.75 Å². The monoisotopic (exact) mass is 262 g/mol. The summed E-state index contributed by atoms with van der Waals surface area (Å²) in [5, 5.41) is 9.51. The maximum Gasteiger partial charge on any atom is 0.224 e. The van der Waals surface area contributed by atoms with Gasteiger partial charge in [-0.15, -0.1) is 0 Å². The van der Waals surface area contributed by atoms with Gasteiger partial charge in [-0.3, -0.25) is 4.79 Å². The smallest absolute Gasteiger partial charge is 0.224 e. The van der Waals surface area contributed by atoms with E-state index in [-0.39, 0.29) is 17.7 Å². The fraction of sp³-hybridized carbons (Fsp3) is 0.533. The highest BCUT2D eigenvalue weighted by Gasteiger charge is 2.22. The first-order chi connectivity index (χ1) is 9.10. The molecule has 0 radical (unpaired) electrons. The minimum Gasteiger partial charge on any atom is -0.508 e. The Morgan fingerprint density at radius 1 is 1.47 bits per heavy atom. The van der Waals surface area contributed by atoms with Crippen LogP contribution in [0.2, 0.25) is 0 Å². The summed E-state index contributed by atoms with van der Waals surface area (Å²) in [5.74, 6) is 0.380. The molecule has 1 aromatic rings. The van der Waals surface area contributed by atoms with Gasteiger partial charge in [0.2, 0.25) is 5.91 Å². The summed E-state index contributed by atoms with van der Waals surface area (Å²) in [6.07, 6.45) is 3.16. The molecule has 2 rings (SSSR count). The minimum absolute atomic E-state index is 0.0388. The van der Waals surface area contributed by atoms with Gasteiger partial charge >= 0.3 is 0 Å². The maximum absolute atomic E-state index is 12.2. The fourth-order valence-electron chi connectivity index (χ4n) is 2.58. The van der Waals surface area contributed by atoms with Crippen molar-refractivity contribution in [2.45, 2.75) is 45.2 Å². The standard InChI is InChI=1S/C15H22N2O2/c1-2-3-13(16)9-15(19)17-7-6-11-4-5-14(18)8-12(11)10-17/h4-5,8,13,18H,2-3,6-7,9-10,16H2,1H3. The van der Waals surface area contributed by atoms with Gasteiger partial charge in [0.15, 0.2) is 0 Å². The van der Waals surface area contributed by atoms with E-state index in [0.717, 1.165) is 31.4 Å². The van der Waals surface area contributed by atoms with Crippen LogP contribution in [0.15, 0.2) is 18.2 Å². The fourth-order valence-corrected chi connectivity index (χ4v) is 2.58. The first-order valence-corrected chi connectivity index (χ1v) is 6.94. The Morgan fingerprint density at radius 2 is 2.26 bits per heavy atom. The Kier molecular flexibility index (Phi) is 4.43. The molecule has 4 heteroatoms. The van der Waals surface area contributed by atoms with E-state index in [9.17, 15) is 9.90 Å².